The number of piperidine rings is 1. The van der Waals surface area contributed by atoms with Crippen LogP contribution in [0.5, 0.6) is 0 Å². The molecule has 2 rings (SSSR count). The predicted molar refractivity (Wildman–Crippen MR) is 81.7 cm³/mol. The molecule has 0 aromatic rings. The van der Waals surface area contributed by atoms with Crippen molar-refractivity contribution in [2.45, 2.75) is 63.8 Å². The van der Waals surface area contributed by atoms with Gasteiger partial charge in [-0.05, 0) is 32.2 Å². The minimum absolute atomic E-state index is 0. The zero-order valence-corrected chi connectivity index (χ0v) is 13.0. The maximum atomic E-state index is 12.2. The Hall–Kier alpha value is -0.280. The monoisotopic (exact) mass is 288 g/mol. The lowest BCUT2D eigenvalue weighted by molar-refractivity contribution is -0.132. The van der Waals surface area contributed by atoms with E-state index in [4.69, 9.17) is 0 Å². The number of rotatable bonds is 4. The van der Waals surface area contributed by atoms with Crippen molar-refractivity contribution in [2.24, 2.45) is 5.92 Å². The Kier molecular flexibility index (Phi) is 7.77. The molecule has 4 heteroatoms. The fourth-order valence-electron chi connectivity index (χ4n) is 3.40. The third kappa shape index (κ3) is 5.31. The fraction of sp³-hybridized carbons (Fsp3) is 0.933. The normalized spacial score (nSPS) is 24.9. The average molecular weight is 289 g/mol. The fourth-order valence-corrected chi connectivity index (χ4v) is 3.40. The van der Waals surface area contributed by atoms with E-state index in [1.165, 1.54) is 38.5 Å². The van der Waals surface area contributed by atoms with E-state index in [1.807, 2.05) is 7.05 Å². The maximum Gasteiger partial charge on any atom is 0.222 e. The minimum Gasteiger partial charge on any atom is -0.341 e. The van der Waals surface area contributed by atoms with Crippen LogP contribution in [0.2, 0.25) is 0 Å². The third-order valence-electron chi connectivity index (χ3n) is 4.67. The summed E-state index contributed by atoms with van der Waals surface area (Å²) in [6.45, 7) is 1.89. The molecule has 0 bridgehead atoms. The quantitative estimate of drug-likeness (QED) is 0.862. The Balaban J connectivity index is 0.00000180. The van der Waals surface area contributed by atoms with Crippen molar-refractivity contribution in [1.82, 2.24) is 10.2 Å². The summed E-state index contributed by atoms with van der Waals surface area (Å²) >= 11 is 0. The molecule has 1 heterocycles. The minimum atomic E-state index is 0. The molecule has 1 aliphatic heterocycles. The SMILES string of the molecule is CNC1CCCN(C(=O)CCC2CCCCC2)C1.Cl. The molecule has 1 aliphatic carbocycles. The Labute approximate surface area is 123 Å². The Bertz CT molecular complexity index is 267. The summed E-state index contributed by atoms with van der Waals surface area (Å²) in [5.74, 6) is 1.22. The second-order valence-electron chi connectivity index (χ2n) is 6.01. The maximum absolute atomic E-state index is 12.2. The first kappa shape index (κ1) is 16.8. The number of likely N-dealkylation sites (N-methyl/N-ethyl adjacent to an activating group) is 1. The molecule has 2 aliphatic rings. The van der Waals surface area contributed by atoms with Crippen LogP contribution in [0.4, 0.5) is 0 Å². The van der Waals surface area contributed by atoms with Gasteiger partial charge >= 0.3 is 0 Å². The van der Waals surface area contributed by atoms with Crippen LogP contribution in [0.25, 0.3) is 0 Å². The number of hydrogen-bond donors (Lipinski definition) is 1. The van der Waals surface area contributed by atoms with Gasteiger partial charge in [0.05, 0.1) is 0 Å². The molecular formula is C15H29ClN2O. The first-order chi connectivity index (χ1) is 8.79. The molecule has 1 saturated carbocycles. The number of likely N-dealkylation sites (tertiary alicyclic amines) is 1. The summed E-state index contributed by atoms with van der Waals surface area (Å²) in [6.07, 6.45) is 11.1. The van der Waals surface area contributed by atoms with Gasteiger partial charge in [0.2, 0.25) is 5.91 Å². The van der Waals surface area contributed by atoms with Crippen molar-refractivity contribution >= 4 is 18.3 Å². The van der Waals surface area contributed by atoms with E-state index in [-0.39, 0.29) is 12.4 Å². The molecule has 3 nitrogen and oxygen atoms in total. The Morgan fingerprint density at radius 3 is 2.58 bits per heavy atom. The largest absolute Gasteiger partial charge is 0.341 e. The van der Waals surface area contributed by atoms with E-state index in [2.05, 4.69) is 10.2 Å². The van der Waals surface area contributed by atoms with Crippen LogP contribution in [0.15, 0.2) is 0 Å². The summed E-state index contributed by atoms with van der Waals surface area (Å²) in [5.41, 5.74) is 0. The smallest absolute Gasteiger partial charge is 0.222 e. The van der Waals surface area contributed by atoms with Gasteiger partial charge in [-0.15, -0.1) is 12.4 Å². The van der Waals surface area contributed by atoms with Crippen LogP contribution in [0.1, 0.15) is 57.8 Å². The van der Waals surface area contributed by atoms with E-state index in [9.17, 15) is 4.79 Å². The van der Waals surface area contributed by atoms with Crippen molar-refractivity contribution in [3.8, 4) is 0 Å². The van der Waals surface area contributed by atoms with E-state index in [1.54, 1.807) is 0 Å². The summed E-state index contributed by atoms with van der Waals surface area (Å²) in [4.78, 5) is 14.3. The molecule has 112 valence electrons. The van der Waals surface area contributed by atoms with E-state index < -0.39 is 0 Å². The molecule has 2 fully saturated rings. The van der Waals surface area contributed by atoms with Crippen molar-refractivity contribution in [1.29, 1.82) is 0 Å². The number of nitrogens with zero attached hydrogens (tertiary/aromatic N) is 1. The molecule has 0 aromatic carbocycles. The zero-order chi connectivity index (χ0) is 12.8. The van der Waals surface area contributed by atoms with Crippen molar-refractivity contribution in [2.75, 3.05) is 20.1 Å². The second-order valence-corrected chi connectivity index (χ2v) is 6.01. The van der Waals surface area contributed by atoms with Gasteiger partial charge in [-0.25, -0.2) is 0 Å². The summed E-state index contributed by atoms with van der Waals surface area (Å²) in [7, 11) is 2.00. The lowest BCUT2D eigenvalue weighted by Crippen LogP contribution is -2.47. The van der Waals surface area contributed by atoms with Gasteiger partial charge in [0, 0.05) is 25.6 Å². The van der Waals surface area contributed by atoms with Gasteiger partial charge in [0.1, 0.15) is 0 Å². The summed E-state index contributed by atoms with van der Waals surface area (Å²) in [6, 6.07) is 0.511. The standard InChI is InChI=1S/C15H28N2O.ClH/c1-16-14-8-5-11-17(12-14)15(18)10-9-13-6-3-2-4-7-13;/h13-14,16H,2-12H2,1H3;1H. The number of amides is 1. The van der Waals surface area contributed by atoms with Crippen LogP contribution in [0.3, 0.4) is 0 Å². The second kappa shape index (κ2) is 8.80. The molecular weight excluding hydrogens is 260 g/mol. The van der Waals surface area contributed by atoms with Crippen molar-refractivity contribution in [3.05, 3.63) is 0 Å². The number of carbonyl (C=O) groups excluding carboxylic acids is 1. The highest BCUT2D eigenvalue weighted by atomic mass is 35.5. The van der Waals surface area contributed by atoms with Gasteiger partial charge in [-0.3, -0.25) is 4.79 Å². The Morgan fingerprint density at radius 1 is 1.16 bits per heavy atom. The highest BCUT2D eigenvalue weighted by molar-refractivity contribution is 5.85. The lowest BCUT2D eigenvalue weighted by Gasteiger charge is -2.33. The van der Waals surface area contributed by atoms with Crippen LogP contribution >= 0.6 is 12.4 Å². The van der Waals surface area contributed by atoms with Crippen LogP contribution in [0, 0.1) is 5.92 Å². The zero-order valence-electron chi connectivity index (χ0n) is 12.2. The number of halogens is 1. The van der Waals surface area contributed by atoms with Crippen LogP contribution in [-0.4, -0.2) is 37.0 Å². The molecule has 0 aromatic heterocycles. The molecule has 1 N–H and O–H groups in total. The first-order valence-electron chi connectivity index (χ1n) is 7.74. The summed E-state index contributed by atoms with van der Waals surface area (Å²) in [5, 5.41) is 3.30. The van der Waals surface area contributed by atoms with Crippen LogP contribution in [-0.2, 0) is 4.79 Å². The van der Waals surface area contributed by atoms with Gasteiger partial charge in [-0.1, -0.05) is 32.1 Å². The number of carbonyl (C=O) groups is 1. The van der Waals surface area contributed by atoms with Gasteiger partial charge in [0.25, 0.3) is 0 Å². The van der Waals surface area contributed by atoms with E-state index >= 15 is 0 Å². The molecule has 19 heavy (non-hydrogen) atoms. The number of nitrogens with one attached hydrogen (secondary N) is 1. The Morgan fingerprint density at radius 2 is 1.89 bits per heavy atom. The van der Waals surface area contributed by atoms with Gasteiger partial charge < -0.3 is 10.2 Å². The van der Waals surface area contributed by atoms with E-state index in [0.717, 1.165) is 38.3 Å². The highest BCUT2D eigenvalue weighted by Crippen LogP contribution is 2.27. The third-order valence-corrected chi connectivity index (χ3v) is 4.67. The van der Waals surface area contributed by atoms with E-state index in [0.29, 0.717) is 11.9 Å². The molecule has 0 radical (unpaired) electrons. The molecule has 1 amide bonds. The average Bonchev–Trinajstić information content (AvgIpc) is 2.46. The lowest BCUT2D eigenvalue weighted by atomic mass is 9.86. The highest BCUT2D eigenvalue weighted by Gasteiger charge is 2.23. The predicted octanol–water partition coefficient (Wildman–Crippen LogP) is 2.98. The first-order valence-corrected chi connectivity index (χ1v) is 7.74. The van der Waals surface area contributed by atoms with Crippen LogP contribution < -0.4 is 5.32 Å². The van der Waals surface area contributed by atoms with Crippen molar-refractivity contribution in [3.63, 3.8) is 0 Å². The molecule has 1 unspecified atom stereocenters. The van der Waals surface area contributed by atoms with Crippen molar-refractivity contribution < 1.29 is 4.79 Å². The number of hydrogen-bond acceptors (Lipinski definition) is 2. The van der Waals surface area contributed by atoms with Gasteiger partial charge in [-0.2, -0.15) is 0 Å². The topological polar surface area (TPSA) is 32.3 Å². The summed E-state index contributed by atoms with van der Waals surface area (Å²) < 4.78 is 0. The molecule has 0 spiro atoms. The molecule has 1 atom stereocenters. The van der Waals surface area contributed by atoms with Gasteiger partial charge in [0.15, 0.2) is 0 Å². The molecule has 1 saturated heterocycles.